The van der Waals surface area contributed by atoms with E-state index in [9.17, 15) is 24.5 Å². The van der Waals surface area contributed by atoms with Gasteiger partial charge in [-0.25, -0.2) is 0 Å². The van der Waals surface area contributed by atoms with Gasteiger partial charge in [0, 0.05) is 12.1 Å². The second kappa shape index (κ2) is 5.73. The molecule has 3 fully saturated rings. The highest BCUT2D eigenvalue weighted by Gasteiger charge is 2.67. The number of carbonyl (C=O) groups excluding carboxylic acids is 3. The summed E-state index contributed by atoms with van der Waals surface area (Å²) in [6, 6.07) is 4.18. The Hall–Kier alpha value is -3.03. The maximum absolute atomic E-state index is 12.9. The van der Waals surface area contributed by atoms with E-state index in [0.29, 0.717) is 23.1 Å². The Morgan fingerprint density at radius 1 is 1.18 bits per heavy atom. The number of carbonyl (C=O) groups is 3. The summed E-state index contributed by atoms with van der Waals surface area (Å²) in [6.45, 7) is 1.36. The van der Waals surface area contributed by atoms with Gasteiger partial charge in [-0.05, 0) is 42.6 Å². The number of likely N-dealkylation sites (tertiary alicyclic amines) is 1. The van der Waals surface area contributed by atoms with E-state index in [1.54, 1.807) is 13.0 Å². The van der Waals surface area contributed by atoms with Gasteiger partial charge in [0.05, 0.1) is 22.4 Å². The summed E-state index contributed by atoms with van der Waals surface area (Å²) in [7, 11) is 0. The Labute approximate surface area is 160 Å². The van der Waals surface area contributed by atoms with Crippen molar-refractivity contribution in [3.8, 4) is 0 Å². The largest absolute Gasteiger partial charge is 0.324 e. The minimum Gasteiger partial charge on any atom is -0.324 e. The Morgan fingerprint density at radius 2 is 1.79 bits per heavy atom. The molecule has 3 amide bonds. The summed E-state index contributed by atoms with van der Waals surface area (Å²) in [5.41, 5.74) is 0.829. The van der Waals surface area contributed by atoms with Gasteiger partial charge in [-0.3, -0.25) is 29.4 Å². The molecule has 8 nitrogen and oxygen atoms in total. The van der Waals surface area contributed by atoms with Gasteiger partial charge < -0.3 is 5.32 Å². The van der Waals surface area contributed by atoms with Crippen molar-refractivity contribution in [2.24, 2.45) is 35.5 Å². The first-order valence-corrected chi connectivity index (χ1v) is 9.45. The number of non-ortho nitro benzene ring substituents is 1. The van der Waals surface area contributed by atoms with Crippen LogP contribution in [0.1, 0.15) is 12.0 Å². The highest BCUT2D eigenvalue weighted by atomic mass is 16.6. The van der Waals surface area contributed by atoms with Crippen molar-refractivity contribution < 1.29 is 19.3 Å². The van der Waals surface area contributed by atoms with Gasteiger partial charge in [-0.2, -0.15) is 0 Å². The molecule has 1 N–H and O–H groups in total. The lowest BCUT2D eigenvalue weighted by Crippen LogP contribution is -2.40. The van der Waals surface area contributed by atoms with Crippen LogP contribution in [0, 0.1) is 52.5 Å². The number of nitrogens with zero attached hydrogens (tertiary/aromatic N) is 2. The lowest BCUT2D eigenvalue weighted by molar-refractivity contribution is -0.384. The number of rotatable bonds is 4. The van der Waals surface area contributed by atoms with E-state index in [1.165, 1.54) is 12.1 Å². The monoisotopic (exact) mass is 381 g/mol. The van der Waals surface area contributed by atoms with Crippen LogP contribution < -0.4 is 5.32 Å². The van der Waals surface area contributed by atoms with Crippen molar-refractivity contribution in [1.29, 1.82) is 0 Å². The molecule has 0 spiro atoms. The fourth-order valence-corrected chi connectivity index (χ4v) is 5.37. The molecule has 6 rings (SSSR count). The number of hydrogen-bond acceptors (Lipinski definition) is 5. The van der Waals surface area contributed by atoms with Gasteiger partial charge in [0.1, 0.15) is 6.54 Å². The van der Waals surface area contributed by atoms with Gasteiger partial charge in [0.2, 0.25) is 17.7 Å². The first-order valence-electron chi connectivity index (χ1n) is 9.45. The molecule has 1 aromatic rings. The molecule has 5 aliphatic rings. The number of nitrogens with one attached hydrogen (secondary N) is 1. The number of nitro groups is 1. The Balaban J connectivity index is 1.33. The quantitative estimate of drug-likeness (QED) is 0.371. The van der Waals surface area contributed by atoms with Crippen LogP contribution in [-0.4, -0.2) is 34.1 Å². The summed E-state index contributed by atoms with van der Waals surface area (Å²) in [4.78, 5) is 49.8. The molecule has 8 heteroatoms. The Morgan fingerprint density at radius 3 is 2.36 bits per heavy atom. The Kier molecular flexibility index (Phi) is 3.50. The van der Waals surface area contributed by atoms with E-state index < -0.39 is 10.8 Å². The molecule has 6 atom stereocenters. The average molecular weight is 381 g/mol. The third kappa shape index (κ3) is 2.33. The number of nitro benzene ring substituents is 1. The molecule has 144 valence electrons. The zero-order valence-corrected chi connectivity index (χ0v) is 15.2. The van der Waals surface area contributed by atoms with Crippen molar-refractivity contribution in [3.63, 3.8) is 0 Å². The molecule has 1 aliphatic heterocycles. The molecule has 0 aromatic heterocycles. The van der Waals surface area contributed by atoms with Gasteiger partial charge in [-0.1, -0.05) is 18.2 Å². The van der Waals surface area contributed by atoms with E-state index in [0.717, 1.165) is 11.3 Å². The highest BCUT2D eigenvalue weighted by Crippen LogP contribution is 2.65. The summed E-state index contributed by atoms with van der Waals surface area (Å²) in [5.74, 6) is -0.474. The number of aryl methyl sites for hydroxylation is 1. The van der Waals surface area contributed by atoms with Gasteiger partial charge >= 0.3 is 0 Å². The van der Waals surface area contributed by atoms with Crippen LogP contribution in [0.3, 0.4) is 0 Å². The Bertz CT molecular complexity index is 935. The first-order chi connectivity index (χ1) is 13.4. The van der Waals surface area contributed by atoms with E-state index in [1.807, 2.05) is 0 Å². The van der Waals surface area contributed by atoms with Crippen LogP contribution in [0.5, 0.6) is 0 Å². The maximum atomic E-state index is 12.9. The van der Waals surface area contributed by atoms with E-state index in [2.05, 4.69) is 17.5 Å². The standard InChI is InChI=1S/C20H19N3O5/c1-9-2-3-10(23(27)28)6-15(9)21-16(24)8-22-19(25)17-11-4-5-12(14-7-13(11)14)18(17)20(22)26/h2-6,11-14,17-18H,7-8H2,1H3,(H,21,24)/t11-,12-,13-,14-,17+,18+/m0/s1. The third-order valence-electron chi connectivity index (χ3n) is 6.76. The normalized spacial score (nSPS) is 34.2. The van der Waals surface area contributed by atoms with Crippen molar-refractivity contribution >= 4 is 29.1 Å². The van der Waals surface area contributed by atoms with Crippen LogP contribution >= 0.6 is 0 Å². The number of amides is 3. The van der Waals surface area contributed by atoms with Crippen molar-refractivity contribution in [2.45, 2.75) is 13.3 Å². The second-order valence-electron chi connectivity index (χ2n) is 8.22. The van der Waals surface area contributed by atoms with Gasteiger partial charge in [0.15, 0.2) is 0 Å². The molecule has 2 bridgehead atoms. The lowest BCUT2D eigenvalue weighted by atomic mass is 9.63. The molecule has 1 heterocycles. The highest BCUT2D eigenvalue weighted by molar-refractivity contribution is 6.09. The number of benzene rings is 1. The van der Waals surface area contributed by atoms with E-state index >= 15 is 0 Å². The van der Waals surface area contributed by atoms with Gasteiger partial charge in [0.25, 0.3) is 5.69 Å². The van der Waals surface area contributed by atoms with Crippen LogP contribution in [0.4, 0.5) is 11.4 Å². The van der Waals surface area contributed by atoms with Crippen molar-refractivity contribution in [3.05, 3.63) is 46.0 Å². The molecule has 1 saturated heterocycles. The number of imide groups is 1. The predicted molar refractivity (Wildman–Crippen MR) is 97.9 cm³/mol. The topological polar surface area (TPSA) is 110 Å². The SMILES string of the molecule is Cc1ccc([N+](=O)[O-])cc1NC(=O)CN1C(=O)[C@@H]2[C@H]3C=C[C@@H]([C@@H]4C[C@@H]34)[C@H]2C1=O. The van der Waals surface area contributed by atoms with Crippen LogP contribution in [0.25, 0.3) is 0 Å². The minimum atomic E-state index is -0.540. The van der Waals surface area contributed by atoms with E-state index in [-0.39, 0.29) is 47.7 Å². The maximum Gasteiger partial charge on any atom is 0.271 e. The summed E-state index contributed by atoms with van der Waals surface area (Å²) in [6.07, 6.45) is 5.25. The molecule has 4 aliphatic carbocycles. The van der Waals surface area contributed by atoms with Crippen molar-refractivity contribution in [1.82, 2.24) is 4.90 Å². The molecule has 1 aromatic carbocycles. The molecule has 28 heavy (non-hydrogen) atoms. The summed E-state index contributed by atoms with van der Waals surface area (Å²) >= 11 is 0. The predicted octanol–water partition coefficient (Wildman–Crippen LogP) is 1.89. The molecular weight excluding hydrogens is 362 g/mol. The average Bonchev–Trinajstić information content (AvgIpc) is 3.44. The van der Waals surface area contributed by atoms with Crippen LogP contribution in [0.2, 0.25) is 0 Å². The van der Waals surface area contributed by atoms with E-state index in [4.69, 9.17) is 0 Å². The molecule has 2 saturated carbocycles. The summed E-state index contributed by atoms with van der Waals surface area (Å²) in [5, 5.41) is 13.6. The second-order valence-corrected chi connectivity index (χ2v) is 8.22. The third-order valence-corrected chi connectivity index (χ3v) is 6.76. The lowest BCUT2D eigenvalue weighted by Gasteiger charge is -2.37. The molecule has 0 radical (unpaired) electrons. The fraction of sp³-hybridized carbons (Fsp3) is 0.450. The van der Waals surface area contributed by atoms with Crippen molar-refractivity contribution in [2.75, 3.05) is 11.9 Å². The number of allylic oxidation sites excluding steroid dienone is 2. The fourth-order valence-electron chi connectivity index (χ4n) is 5.37. The molecular formula is C20H19N3O5. The summed E-state index contributed by atoms with van der Waals surface area (Å²) < 4.78 is 0. The number of anilines is 1. The zero-order chi connectivity index (χ0) is 19.7. The minimum absolute atomic E-state index is 0.114. The van der Waals surface area contributed by atoms with Crippen LogP contribution in [-0.2, 0) is 14.4 Å². The zero-order valence-electron chi connectivity index (χ0n) is 15.2. The van der Waals surface area contributed by atoms with Crippen LogP contribution in [0.15, 0.2) is 30.4 Å². The van der Waals surface area contributed by atoms with Gasteiger partial charge in [-0.15, -0.1) is 0 Å². The molecule has 0 unspecified atom stereocenters. The smallest absolute Gasteiger partial charge is 0.271 e. The first kappa shape index (κ1) is 17.1. The number of hydrogen-bond donors (Lipinski definition) is 1.